The Balaban J connectivity index is 1.79. The van der Waals surface area contributed by atoms with Gasteiger partial charge in [0.05, 0.1) is 22.8 Å². The third kappa shape index (κ3) is 3.74. The van der Waals surface area contributed by atoms with Gasteiger partial charge in [-0.3, -0.25) is 4.79 Å². The molecule has 2 N–H and O–H groups in total. The third-order valence-corrected chi connectivity index (χ3v) is 4.72. The number of carbonyl (C=O) groups is 1. The first-order valence-electron chi connectivity index (χ1n) is 7.32. The number of nitriles is 1. The lowest BCUT2D eigenvalue weighted by Gasteiger charge is -2.06. The predicted molar refractivity (Wildman–Crippen MR) is 104 cm³/mol. The van der Waals surface area contributed by atoms with Gasteiger partial charge in [-0.05, 0) is 59.8 Å². The molecule has 1 saturated heterocycles. The van der Waals surface area contributed by atoms with Crippen LogP contribution in [0.1, 0.15) is 16.7 Å². The number of benzene rings is 2. The number of rotatable bonds is 3. The molecule has 0 aromatic heterocycles. The summed E-state index contributed by atoms with van der Waals surface area (Å²) in [5.74, 6) is -0.873. The lowest BCUT2D eigenvalue weighted by atomic mass is 10.1. The van der Waals surface area contributed by atoms with Crippen molar-refractivity contribution < 1.29 is 15.0 Å². The molecule has 3 rings (SSSR count). The van der Waals surface area contributed by atoms with Crippen LogP contribution in [0.4, 0.5) is 0 Å². The minimum Gasteiger partial charge on any atom is -0.504 e. The molecule has 0 radical (unpaired) electrons. The SMILES string of the molecule is N#Cc1ccc(/C=C2/SC(=S)N(/N=C/c3ccc(O)c(O)c3)C2=O)cc1. The quantitative estimate of drug-likeness (QED) is 0.367. The van der Waals surface area contributed by atoms with E-state index in [0.29, 0.717) is 16.0 Å². The van der Waals surface area contributed by atoms with E-state index in [1.165, 1.54) is 18.3 Å². The van der Waals surface area contributed by atoms with Crippen molar-refractivity contribution in [2.24, 2.45) is 5.10 Å². The highest BCUT2D eigenvalue weighted by Crippen LogP contribution is 2.33. The fourth-order valence-electron chi connectivity index (χ4n) is 2.11. The van der Waals surface area contributed by atoms with Crippen molar-refractivity contribution in [3.63, 3.8) is 0 Å². The number of thiocarbonyl (C=S) groups is 1. The second-order valence-corrected chi connectivity index (χ2v) is 6.90. The van der Waals surface area contributed by atoms with Crippen molar-refractivity contribution in [1.29, 1.82) is 5.26 Å². The van der Waals surface area contributed by atoms with Gasteiger partial charge in [0.2, 0.25) is 0 Å². The maximum absolute atomic E-state index is 12.5. The molecular formula is C18H11N3O3S2. The molecule has 2 aromatic rings. The van der Waals surface area contributed by atoms with E-state index in [4.69, 9.17) is 17.5 Å². The number of carbonyl (C=O) groups excluding carboxylic acids is 1. The van der Waals surface area contributed by atoms with E-state index >= 15 is 0 Å². The van der Waals surface area contributed by atoms with Crippen molar-refractivity contribution in [2.75, 3.05) is 0 Å². The minimum absolute atomic E-state index is 0.238. The molecule has 0 unspecified atom stereocenters. The molecule has 8 heteroatoms. The number of aromatic hydroxyl groups is 2. The zero-order valence-electron chi connectivity index (χ0n) is 13.2. The highest BCUT2D eigenvalue weighted by atomic mass is 32.2. The van der Waals surface area contributed by atoms with Crippen LogP contribution >= 0.6 is 24.0 Å². The Hall–Kier alpha value is -3.15. The van der Waals surface area contributed by atoms with Crippen molar-refractivity contribution >= 4 is 46.5 Å². The molecule has 0 aliphatic carbocycles. The van der Waals surface area contributed by atoms with Crippen LogP contribution in [0.5, 0.6) is 11.5 Å². The standard InChI is InChI=1S/C18H11N3O3S2/c19-9-12-3-1-11(2-4-12)8-16-17(24)21(18(25)26-16)20-10-13-5-6-14(22)15(23)7-13/h1-8,10,22-23H/b16-8+,20-10+. The number of amides is 1. The normalized spacial score (nSPS) is 15.8. The van der Waals surface area contributed by atoms with Gasteiger partial charge in [0, 0.05) is 0 Å². The highest BCUT2D eigenvalue weighted by Gasteiger charge is 2.32. The Morgan fingerprint density at radius 2 is 1.81 bits per heavy atom. The summed E-state index contributed by atoms with van der Waals surface area (Å²) in [6.45, 7) is 0. The number of phenols is 2. The average molecular weight is 381 g/mol. The Morgan fingerprint density at radius 1 is 1.12 bits per heavy atom. The maximum Gasteiger partial charge on any atom is 0.286 e. The molecule has 0 bridgehead atoms. The van der Waals surface area contributed by atoms with E-state index in [-0.39, 0.29) is 21.7 Å². The number of hydrazone groups is 1. The van der Waals surface area contributed by atoms with Gasteiger partial charge in [0.15, 0.2) is 15.8 Å². The van der Waals surface area contributed by atoms with Crippen LogP contribution in [-0.2, 0) is 4.79 Å². The molecule has 1 fully saturated rings. The van der Waals surface area contributed by atoms with Gasteiger partial charge in [-0.1, -0.05) is 23.9 Å². The fourth-order valence-corrected chi connectivity index (χ4v) is 3.28. The highest BCUT2D eigenvalue weighted by molar-refractivity contribution is 8.26. The fraction of sp³-hybridized carbons (Fsp3) is 0. The largest absolute Gasteiger partial charge is 0.504 e. The van der Waals surface area contributed by atoms with Crippen LogP contribution in [0.15, 0.2) is 52.5 Å². The zero-order chi connectivity index (χ0) is 18.7. The van der Waals surface area contributed by atoms with Gasteiger partial charge in [0.25, 0.3) is 5.91 Å². The number of nitrogens with zero attached hydrogens (tertiary/aromatic N) is 3. The number of hydrogen-bond donors (Lipinski definition) is 2. The van der Waals surface area contributed by atoms with E-state index in [1.807, 2.05) is 6.07 Å². The van der Waals surface area contributed by atoms with E-state index in [2.05, 4.69) is 5.10 Å². The van der Waals surface area contributed by atoms with Crippen molar-refractivity contribution in [1.82, 2.24) is 5.01 Å². The minimum atomic E-state index is -0.358. The summed E-state index contributed by atoms with van der Waals surface area (Å²) in [5, 5.41) is 32.8. The van der Waals surface area contributed by atoms with Gasteiger partial charge >= 0.3 is 0 Å². The topological polar surface area (TPSA) is 96.9 Å². The van der Waals surface area contributed by atoms with Crippen LogP contribution in [0.25, 0.3) is 6.08 Å². The van der Waals surface area contributed by atoms with E-state index in [0.717, 1.165) is 22.3 Å². The molecule has 1 heterocycles. The summed E-state index contributed by atoms with van der Waals surface area (Å²) < 4.78 is 0.286. The molecule has 6 nitrogen and oxygen atoms in total. The van der Waals surface area contributed by atoms with Gasteiger partial charge < -0.3 is 10.2 Å². The molecule has 0 spiro atoms. The molecule has 128 valence electrons. The van der Waals surface area contributed by atoms with Crippen molar-refractivity contribution in [3.05, 3.63) is 64.1 Å². The zero-order valence-corrected chi connectivity index (χ0v) is 14.8. The second-order valence-electron chi connectivity index (χ2n) is 5.22. The van der Waals surface area contributed by atoms with Crippen LogP contribution < -0.4 is 0 Å². The Kier molecular flexibility index (Phi) is 5.02. The molecule has 1 aliphatic rings. The summed E-state index contributed by atoms with van der Waals surface area (Å²) >= 11 is 6.32. The second kappa shape index (κ2) is 7.39. The van der Waals surface area contributed by atoms with Crippen LogP contribution in [0.3, 0.4) is 0 Å². The van der Waals surface area contributed by atoms with Crippen molar-refractivity contribution in [2.45, 2.75) is 0 Å². The Bertz CT molecular complexity index is 992. The first-order chi connectivity index (χ1) is 12.5. The monoisotopic (exact) mass is 381 g/mol. The molecule has 1 aliphatic heterocycles. The summed E-state index contributed by atoms with van der Waals surface area (Å²) in [6.07, 6.45) is 3.05. The summed E-state index contributed by atoms with van der Waals surface area (Å²) in [4.78, 5) is 12.9. The molecule has 26 heavy (non-hydrogen) atoms. The molecule has 0 saturated carbocycles. The average Bonchev–Trinajstić information content (AvgIpc) is 2.90. The van der Waals surface area contributed by atoms with Crippen LogP contribution in [0, 0.1) is 11.3 Å². The molecule has 0 atom stereocenters. The van der Waals surface area contributed by atoms with Crippen LogP contribution in [0.2, 0.25) is 0 Å². The van der Waals surface area contributed by atoms with E-state index in [1.54, 1.807) is 36.4 Å². The first-order valence-corrected chi connectivity index (χ1v) is 8.54. The van der Waals surface area contributed by atoms with E-state index < -0.39 is 0 Å². The first kappa shape index (κ1) is 17.7. The lowest BCUT2D eigenvalue weighted by Crippen LogP contribution is -2.22. The van der Waals surface area contributed by atoms with E-state index in [9.17, 15) is 15.0 Å². The molecule has 2 aromatic carbocycles. The predicted octanol–water partition coefficient (Wildman–Crippen LogP) is 3.20. The molecule has 1 amide bonds. The van der Waals surface area contributed by atoms with Gasteiger partial charge in [-0.15, -0.1) is 0 Å². The lowest BCUT2D eigenvalue weighted by molar-refractivity contribution is -0.122. The third-order valence-electron chi connectivity index (χ3n) is 3.43. The molecular weight excluding hydrogens is 370 g/mol. The van der Waals surface area contributed by atoms with Crippen molar-refractivity contribution in [3.8, 4) is 17.6 Å². The smallest absolute Gasteiger partial charge is 0.286 e. The maximum atomic E-state index is 12.5. The number of phenolic OH excluding ortho intramolecular Hbond substituents is 2. The Labute approximate surface area is 158 Å². The van der Waals surface area contributed by atoms with Gasteiger partial charge in [0.1, 0.15) is 0 Å². The summed E-state index contributed by atoms with van der Waals surface area (Å²) in [6, 6.07) is 13.1. The number of thioether (sulfide) groups is 1. The Morgan fingerprint density at radius 3 is 2.46 bits per heavy atom. The van der Waals surface area contributed by atoms with Gasteiger partial charge in [-0.25, -0.2) is 0 Å². The van der Waals surface area contributed by atoms with Gasteiger partial charge in [-0.2, -0.15) is 15.4 Å². The summed E-state index contributed by atoms with van der Waals surface area (Å²) in [7, 11) is 0. The summed E-state index contributed by atoms with van der Waals surface area (Å²) in [5.41, 5.74) is 1.82. The van der Waals surface area contributed by atoms with Crippen LogP contribution in [-0.4, -0.2) is 31.7 Å². The number of hydrogen-bond acceptors (Lipinski definition) is 7.